The number of aliphatic hydroxyl groups is 1. The molecular weight excluding hydrogens is 981 g/mol. The number of aliphatic hydroxyl groups excluding tert-OH is 1. The number of thiazole rings is 1. The molecule has 1 unspecified atom stereocenters. The number of nitrogens with two attached hydrogens (primary N) is 1. The van der Waals surface area contributed by atoms with Gasteiger partial charge in [0.1, 0.15) is 29.6 Å². The number of hydrogen-bond acceptors (Lipinski definition) is 14. The van der Waals surface area contributed by atoms with E-state index in [0.717, 1.165) is 97.7 Å². The zero-order chi connectivity index (χ0) is 53.9. The molecule has 5 aromatic rings. The number of rotatable bonds is 20. The lowest BCUT2D eigenvalue weighted by molar-refractivity contribution is -0.144. The molecule has 3 fully saturated rings. The van der Waals surface area contributed by atoms with Crippen LogP contribution >= 0.6 is 11.3 Å². The molecule has 76 heavy (non-hydrogen) atoms. The van der Waals surface area contributed by atoms with Crippen LogP contribution in [0.25, 0.3) is 21.7 Å². The van der Waals surface area contributed by atoms with Crippen molar-refractivity contribution >= 4 is 52.2 Å². The fourth-order valence-electron chi connectivity index (χ4n) is 10.5. The zero-order valence-electron chi connectivity index (χ0n) is 44.7. The number of likely N-dealkylation sites (tertiary alicyclic amines) is 1. The van der Waals surface area contributed by atoms with Gasteiger partial charge in [-0.25, -0.2) is 4.98 Å². The lowest BCUT2D eigenvalue weighted by Crippen LogP contribution is -2.57. The van der Waals surface area contributed by atoms with Gasteiger partial charge >= 0.3 is 0 Å². The molecule has 4 amide bonds. The Kier molecular flexibility index (Phi) is 18.5. The Balaban J connectivity index is 0.712. The number of anilines is 3. The van der Waals surface area contributed by atoms with Crippen LogP contribution in [-0.2, 0) is 19.2 Å². The summed E-state index contributed by atoms with van der Waals surface area (Å²) in [5.41, 5.74) is 13.6. The number of ether oxygens (including phenoxy) is 1. The minimum atomic E-state index is -0.875. The summed E-state index contributed by atoms with van der Waals surface area (Å²) in [6, 6.07) is 23.2. The minimum absolute atomic E-state index is 0.0175. The Hall–Kier alpha value is -6.79. The summed E-state index contributed by atoms with van der Waals surface area (Å²) in [7, 11) is 0. The Bertz CT molecular complexity index is 2780. The number of aromatic nitrogens is 3. The highest BCUT2D eigenvalue weighted by Crippen LogP contribution is 2.34. The molecule has 5 heterocycles. The minimum Gasteiger partial charge on any atom is -0.507 e. The summed E-state index contributed by atoms with van der Waals surface area (Å²) in [5, 5.41) is 35.4. The highest BCUT2D eigenvalue weighted by Gasteiger charge is 2.45. The van der Waals surface area contributed by atoms with Crippen LogP contribution in [0.4, 0.5) is 17.2 Å². The molecule has 3 aliphatic heterocycles. The zero-order valence-corrected chi connectivity index (χ0v) is 45.6. The lowest BCUT2D eigenvalue weighted by atomic mass is 9.85. The summed E-state index contributed by atoms with van der Waals surface area (Å²) in [5.74, 6) is 0.0342. The van der Waals surface area contributed by atoms with Crippen LogP contribution in [0.5, 0.6) is 11.5 Å². The second-order valence-corrected chi connectivity index (χ2v) is 22.6. The monoisotopic (exact) mass is 1060 g/mol. The first kappa shape index (κ1) is 55.4. The van der Waals surface area contributed by atoms with E-state index in [1.807, 2.05) is 75.4 Å². The highest BCUT2D eigenvalue weighted by molar-refractivity contribution is 7.13. The number of β-amino-alcohol motifs (C(OH)–C–C–N with tert-alkyl or cyclic N) is 1. The van der Waals surface area contributed by atoms with Crippen molar-refractivity contribution in [3.63, 3.8) is 0 Å². The molecule has 406 valence electrons. The van der Waals surface area contributed by atoms with Gasteiger partial charge in [-0.3, -0.25) is 19.2 Å². The SMILES string of the molecule is Cc1ncsc1-c1ccc([C@H](C)NC(=O)[C@@H]2C[C@@H](O)CN2C(=O)[C@@H](NC(=O)CCCCCCCCC(=O)N2CCN(c3cccc(N4CCCC(Oc5cc(-c6ccccc6O)nnc5N)C4)c3)CC2)C(C)(C)C)cc1. The Labute approximate surface area is 451 Å². The number of para-hydroxylation sites is 1. The average molecular weight is 1060 g/mol. The van der Waals surface area contributed by atoms with Crippen molar-refractivity contribution in [1.82, 2.24) is 35.6 Å². The van der Waals surface area contributed by atoms with Gasteiger partial charge < -0.3 is 50.9 Å². The summed E-state index contributed by atoms with van der Waals surface area (Å²) in [6.07, 6.45) is 7.00. The second kappa shape index (κ2) is 25.4. The van der Waals surface area contributed by atoms with Crippen molar-refractivity contribution in [2.75, 3.05) is 61.3 Å². The number of piperidine rings is 1. The van der Waals surface area contributed by atoms with Crippen LogP contribution in [0.2, 0.25) is 0 Å². The predicted molar refractivity (Wildman–Crippen MR) is 298 cm³/mol. The van der Waals surface area contributed by atoms with Crippen LogP contribution in [0, 0.1) is 12.3 Å². The van der Waals surface area contributed by atoms with Gasteiger partial charge in [0.25, 0.3) is 0 Å². The van der Waals surface area contributed by atoms with Crippen molar-refractivity contribution in [2.45, 2.75) is 136 Å². The number of unbranched alkanes of at least 4 members (excludes halogenated alkanes) is 5. The molecule has 3 aromatic carbocycles. The largest absolute Gasteiger partial charge is 0.507 e. The highest BCUT2D eigenvalue weighted by atomic mass is 32.1. The number of nitrogen functional groups attached to an aromatic ring is 1. The number of phenols is 1. The summed E-state index contributed by atoms with van der Waals surface area (Å²) in [4.78, 5) is 68.0. The van der Waals surface area contributed by atoms with Crippen molar-refractivity contribution in [3.05, 3.63) is 95.6 Å². The van der Waals surface area contributed by atoms with Gasteiger partial charge in [-0.05, 0) is 86.4 Å². The third kappa shape index (κ3) is 14.2. The quantitative estimate of drug-likeness (QED) is 0.0467. The van der Waals surface area contributed by atoms with E-state index in [1.54, 1.807) is 35.6 Å². The molecule has 2 aromatic heterocycles. The first-order chi connectivity index (χ1) is 36.5. The summed E-state index contributed by atoms with van der Waals surface area (Å²) >= 11 is 1.58. The number of aryl methyl sites for hydroxylation is 1. The Morgan fingerprint density at radius 3 is 2.22 bits per heavy atom. The van der Waals surface area contributed by atoms with E-state index in [4.69, 9.17) is 10.5 Å². The smallest absolute Gasteiger partial charge is 0.246 e. The maximum atomic E-state index is 14.1. The van der Waals surface area contributed by atoms with E-state index < -0.39 is 23.6 Å². The number of nitrogens with zero attached hydrogens (tertiary/aromatic N) is 7. The molecule has 18 heteroatoms. The maximum Gasteiger partial charge on any atom is 0.246 e. The molecular formula is C58H76N10O7S. The fourth-order valence-corrected chi connectivity index (χ4v) is 11.3. The summed E-state index contributed by atoms with van der Waals surface area (Å²) < 4.78 is 6.42. The van der Waals surface area contributed by atoms with Gasteiger partial charge in [-0.1, -0.05) is 88.9 Å². The van der Waals surface area contributed by atoms with E-state index in [2.05, 4.69) is 59.9 Å². The van der Waals surface area contributed by atoms with Crippen molar-refractivity contribution in [1.29, 1.82) is 0 Å². The Morgan fingerprint density at radius 1 is 0.829 bits per heavy atom. The van der Waals surface area contributed by atoms with Gasteiger partial charge in [0, 0.05) is 81.5 Å². The number of phenolic OH excluding ortho intramolecular Hbond substituents is 1. The van der Waals surface area contributed by atoms with Gasteiger partial charge in [0.05, 0.1) is 34.8 Å². The van der Waals surface area contributed by atoms with Crippen molar-refractivity contribution in [3.8, 4) is 33.2 Å². The lowest BCUT2D eigenvalue weighted by Gasteiger charge is -2.38. The first-order valence-corrected chi connectivity index (χ1v) is 27.9. The van der Waals surface area contributed by atoms with Crippen molar-refractivity contribution < 1.29 is 34.1 Å². The van der Waals surface area contributed by atoms with Crippen LogP contribution in [0.3, 0.4) is 0 Å². The van der Waals surface area contributed by atoms with Crippen LogP contribution in [0.1, 0.15) is 116 Å². The van der Waals surface area contributed by atoms with E-state index >= 15 is 0 Å². The molecule has 5 atom stereocenters. The fraction of sp³-hybridized carbons (Fsp3) is 0.500. The molecule has 3 saturated heterocycles. The number of amides is 4. The standard InChI is InChI=1S/C58H76N10O7S/c1-38(40-23-25-41(26-24-40)53-39(2)60-37-76-53)61-56(73)48-33-44(69)35-68(48)57(74)54(58(3,4)5)62-51(71)21-10-8-6-7-9-11-22-52(72)66-30-28-65(29-31-66)42-16-14-17-43(32-42)67-27-15-18-45(36-67)75-50-34-47(63-64-55(50)59)46-19-12-13-20-49(46)70/h12-14,16-17,19-20,23-26,32,34,37-38,44-45,48,54,69-70H,6-11,15,18,21-22,27-31,33,35-36H2,1-5H3,(H2,59,64)(H,61,73)(H,62,71)/t38-,44+,45?,48-,54+/m0/s1. The van der Waals surface area contributed by atoms with Crippen LogP contribution in [0.15, 0.2) is 84.4 Å². The topological polar surface area (TPSA) is 220 Å². The van der Waals surface area contributed by atoms with Crippen molar-refractivity contribution in [2.24, 2.45) is 5.41 Å². The van der Waals surface area contributed by atoms with E-state index in [0.29, 0.717) is 49.5 Å². The second-order valence-electron chi connectivity index (χ2n) is 21.7. The van der Waals surface area contributed by atoms with E-state index in [1.165, 1.54) is 4.90 Å². The number of aromatic hydroxyl groups is 1. The molecule has 6 N–H and O–H groups in total. The molecule has 0 radical (unpaired) electrons. The molecule has 17 nitrogen and oxygen atoms in total. The molecule has 0 spiro atoms. The number of carbonyl (C=O) groups excluding carboxylic acids is 4. The third-order valence-corrected chi connectivity index (χ3v) is 15.9. The van der Waals surface area contributed by atoms with Crippen LogP contribution in [-0.4, -0.2) is 129 Å². The van der Waals surface area contributed by atoms with Gasteiger partial charge in [-0.2, -0.15) is 0 Å². The molecule has 0 aliphatic carbocycles. The predicted octanol–water partition coefficient (Wildman–Crippen LogP) is 8.05. The maximum absolute atomic E-state index is 14.1. The molecule has 3 aliphatic rings. The summed E-state index contributed by atoms with van der Waals surface area (Å²) in [6.45, 7) is 14.0. The average Bonchev–Trinajstić information content (AvgIpc) is 4.04. The molecule has 8 rings (SSSR count). The number of benzene rings is 3. The van der Waals surface area contributed by atoms with Gasteiger partial charge in [0.2, 0.25) is 23.6 Å². The van der Waals surface area contributed by atoms with Gasteiger partial charge in [-0.15, -0.1) is 21.5 Å². The number of hydrogen-bond donors (Lipinski definition) is 5. The molecule has 0 saturated carbocycles. The molecule has 0 bridgehead atoms. The number of piperazine rings is 1. The normalized spacial score (nSPS) is 18.8. The van der Waals surface area contributed by atoms with E-state index in [-0.39, 0.29) is 66.7 Å². The van der Waals surface area contributed by atoms with Crippen LogP contribution < -0.4 is 30.9 Å². The number of nitrogens with one attached hydrogen (secondary N) is 2. The van der Waals surface area contributed by atoms with E-state index in [9.17, 15) is 29.4 Å². The number of carbonyl (C=O) groups is 4. The Morgan fingerprint density at radius 2 is 1.53 bits per heavy atom. The third-order valence-electron chi connectivity index (χ3n) is 14.9. The first-order valence-electron chi connectivity index (χ1n) is 27.1. The van der Waals surface area contributed by atoms with Gasteiger partial charge in [0.15, 0.2) is 11.6 Å².